The van der Waals surface area contributed by atoms with Crippen LogP contribution in [0.5, 0.6) is 5.75 Å². The molecule has 2 aromatic heterocycles. The van der Waals surface area contributed by atoms with Gasteiger partial charge in [-0.2, -0.15) is 9.97 Å². The standard InChI is InChI=1S/C30H34FN5O6/c1-5-8-26(38)39-16-7-9-25(37)32-23-15-12-20(17-22(23)31)28-34-30(42-36-28)24(6-2)40-21-13-10-19(11-14-21)27-33-29(18(3)4)41-35-27/h10-15,17-18,24H,5-9,16H2,1-4H3,(H,32,37). The van der Waals surface area contributed by atoms with Crippen LogP contribution in [0.25, 0.3) is 22.8 Å². The van der Waals surface area contributed by atoms with E-state index in [1.54, 1.807) is 18.2 Å². The summed E-state index contributed by atoms with van der Waals surface area (Å²) < 4.78 is 36.6. The molecule has 0 spiro atoms. The minimum Gasteiger partial charge on any atom is -0.481 e. The summed E-state index contributed by atoms with van der Waals surface area (Å²) in [6.07, 6.45) is 1.49. The van der Waals surface area contributed by atoms with E-state index in [9.17, 15) is 14.0 Å². The topological polar surface area (TPSA) is 142 Å². The van der Waals surface area contributed by atoms with Crippen molar-refractivity contribution in [2.45, 2.75) is 71.8 Å². The first-order valence-corrected chi connectivity index (χ1v) is 14.0. The Morgan fingerprint density at radius 2 is 1.60 bits per heavy atom. The molecule has 222 valence electrons. The molecule has 4 aromatic rings. The van der Waals surface area contributed by atoms with Gasteiger partial charge in [-0.05, 0) is 61.7 Å². The number of nitrogens with zero attached hydrogens (tertiary/aromatic N) is 4. The summed E-state index contributed by atoms with van der Waals surface area (Å²) in [4.78, 5) is 32.4. The second-order valence-corrected chi connectivity index (χ2v) is 9.92. The van der Waals surface area contributed by atoms with E-state index >= 15 is 0 Å². The van der Waals surface area contributed by atoms with Crippen LogP contribution in [-0.4, -0.2) is 38.8 Å². The van der Waals surface area contributed by atoms with Gasteiger partial charge in [0.2, 0.25) is 23.4 Å². The number of carbonyl (C=O) groups is 2. The quantitative estimate of drug-likeness (QED) is 0.127. The van der Waals surface area contributed by atoms with Gasteiger partial charge in [0.05, 0.1) is 12.3 Å². The summed E-state index contributed by atoms with van der Waals surface area (Å²) in [7, 11) is 0. The number of hydrogen-bond acceptors (Lipinski definition) is 10. The smallest absolute Gasteiger partial charge is 0.305 e. The van der Waals surface area contributed by atoms with E-state index < -0.39 is 11.9 Å². The minimum absolute atomic E-state index is 0.0231. The van der Waals surface area contributed by atoms with Crippen LogP contribution < -0.4 is 10.1 Å². The number of hydrogen-bond donors (Lipinski definition) is 1. The molecule has 1 unspecified atom stereocenters. The van der Waals surface area contributed by atoms with E-state index in [0.29, 0.717) is 48.7 Å². The number of benzene rings is 2. The molecule has 2 aromatic carbocycles. The number of esters is 1. The third-order valence-electron chi connectivity index (χ3n) is 6.18. The molecule has 1 amide bonds. The highest BCUT2D eigenvalue weighted by molar-refractivity contribution is 5.91. The zero-order valence-electron chi connectivity index (χ0n) is 24.1. The van der Waals surface area contributed by atoms with Gasteiger partial charge in [0.15, 0.2) is 6.10 Å². The second kappa shape index (κ2) is 14.3. The number of nitrogens with one attached hydrogen (secondary N) is 1. The minimum atomic E-state index is -0.646. The molecular formula is C30H34FN5O6. The van der Waals surface area contributed by atoms with Gasteiger partial charge in [0.1, 0.15) is 11.6 Å². The first-order chi connectivity index (χ1) is 20.3. The van der Waals surface area contributed by atoms with E-state index in [0.717, 1.165) is 5.56 Å². The van der Waals surface area contributed by atoms with Gasteiger partial charge in [-0.25, -0.2) is 4.39 Å². The molecule has 0 aliphatic rings. The Kier molecular flexibility index (Phi) is 10.4. The van der Waals surface area contributed by atoms with Crippen LogP contribution in [0.3, 0.4) is 0 Å². The molecular weight excluding hydrogens is 545 g/mol. The van der Waals surface area contributed by atoms with Crippen molar-refractivity contribution >= 4 is 17.6 Å². The number of anilines is 1. The van der Waals surface area contributed by atoms with E-state index in [2.05, 4.69) is 25.6 Å². The number of halogens is 1. The molecule has 42 heavy (non-hydrogen) atoms. The molecule has 0 aliphatic carbocycles. The summed E-state index contributed by atoms with van der Waals surface area (Å²) in [6.45, 7) is 7.90. The Morgan fingerprint density at radius 3 is 2.24 bits per heavy atom. The molecule has 0 saturated heterocycles. The Hall–Kier alpha value is -4.61. The predicted molar refractivity (Wildman–Crippen MR) is 151 cm³/mol. The van der Waals surface area contributed by atoms with Crippen LogP contribution in [0.1, 0.15) is 83.6 Å². The first-order valence-electron chi connectivity index (χ1n) is 14.0. The van der Waals surface area contributed by atoms with E-state index in [1.807, 2.05) is 39.8 Å². The van der Waals surface area contributed by atoms with Gasteiger partial charge in [-0.1, -0.05) is 38.0 Å². The molecule has 0 saturated carbocycles. The predicted octanol–water partition coefficient (Wildman–Crippen LogP) is 6.64. The molecule has 2 heterocycles. The van der Waals surface area contributed by atoms with Gasteiger partial charge < -0.3 is 23.8 Å². The fourth-order valence-electron chi connectivity index (χ4n) is 3.89. The maximum absolute atomic E-state index is 14.8. The summed E-state index contributed by atoms with van der Waals surface area (Å²) in [5.74, 6) is 0.901. The normalized spacial score (nSPS) is 11.9. The van der Waals surface area contributed by atoms with Crippen molar-refractivity contribution in [3.63, 3.8) is 0 Å². The Morgan fingerprint density at radius 1 is 0.929 bits per heavy atom. The number of aromatic nitrogens is 4. The van der Waals surface area contributed by atoms with Crippen molar-refractivity contribution < 1.29 is 32.5 Å². The highest BCUT2D eigenvalue weighted by Gasteiger charge is 2.21. The fraction of sp³-hybridized carbons (Fsp3) is 0.400. The highest BCUT2D eigenvalue weighted by Crippen LogP contribution is 2.29. The van der Waals surface area contributed by atoms with Crippen molar-refractivity contribution in [2.75, 3.05) is 11.9 Å². The lowest BCUT2D eigenvalue weighted by Crippen LogP contribution is -2.14. The average Bonchev–Trinajstić information content (AvgIpc) is 3.67. The maximum Gasteiger partial charge on any atom is 0.305 e. The van der Waals surface area contributed by atoms with Gasteiger partial charge >= 0.3 is 5.97 Å². The van der Waals surface area contributed by atoms with Gasteiger partial charge in [-0.15, -0.1) is 0 Å². The van der Waals surface area contributed by atoms with Crippen LogP contribution in [0.2, 0.25) is 0 Å². The molecule has 0 bridgehead atoms. The van der Waals surface area contributed by atoms with Crippen LogP contribution >= 0.6 is 0 Å². The lowest BCUT2D eigenvalue weighted by Gasteiger charge is -2.13. The third kappa shape index (κ3) is 7.99. The van der Waals surface area contributed by atoms with Gasteiger partial charge in [0, 0.05) is 29.9 Å². The third-order valence-corrected chi connectivity index (χ3v) is 6.18. The zero-order chi connectivity index (χ0) is 30.1. The van der Waals surface area contributed by atoms with Crippen molar-refractivity contribution in [1.29, 1.82) is 0 Å². The number of amides is 1. The Balaban J connectivity index is 1.34. The molecule has 4 rings (SSSR count). The fourth-order valence-corrected chi connectivity index (χ4v) is 3.89. The van der Waals surface area contributed by atoms with E-state index in [-0.39, 0.29) is 48.2 Å². The van der Waals surface area contributed by atoms with E-state index in [1.165, 1.54) is 12.1 Å². The van der Waals surface area contributed by atoms with Crippen molar-refractivity contribution in [2.24, 2.45) is 0 Å². The molecule has 1 N–H and O–H groups in total. The summed E-state index contributed by atoms with van der Waals surface area (Å²) in [5.41, 5.74) is 1.19. The van der Waals surface area contributed by atoms with Crippen LogP contribution in [0.4, 0.5) is 10.1 Å². The maximum atomic E-state index is 14.8. The summed E-state index contributed by atoms with van der Waals surface area (Å²) in [6, 6.07) is 11.5. The van der Waals surface area contributed by atoms with E-state index in [4.69, 9.17) is 18.5 Å². The lowest BCUT2D eigenvalue weighted by atomic mass is 10.1. The largest absolute Gasteiger partial charge is 0.481 e. The highest BCUT2D eigenvalue weighted by atomic mass is 19.1. The van der Waals surface area contributed by atoms with Crippen molar-refractivity contribution in [3.8, 4) is 28.5 Å². The zero-order valence-corrected chi connectivity index (χ0v) is 24.1. The molecule has 0 fully saturated rings. The molecule has 1 atom stereocenters. The second-order valence-electron chi connectivity index (χ2n) is 9.92. The van der Waals surface area contributed by atoms with Gasteiger partial charge in [-0.3, -0.25) is 9.59 Å². The van der Waals surface area contributed by atoms with Crippen LogP contribution in [0, 0.1) is 5.82 Å². The van der Waals surface area contributed by atoms with Crippen molar-refractivity contribution in [1.82, 2.24) is 20.3 Å². The molecule has 11 nitrogen and oxygen atoms in total. The van der Waals surface area contributed by atoms with Crippen molar-refractivity contribution in [3.05, 3.63) is 60.1 Å². The summed E-state index contributed by atoms with van der Waals surface area (Å²) >= 11 is 0. The first kappa shape index (κ1) is 30.4. The number of rotatable bonds is 14. The van der Waals surface area contributed by atoms with Gasteiger partial charge in [0.25, 0.3) is 5.89 Å². The Labute approximate surface area is 242 Å². The van der Waals surface area contributed by atoms with Crippen LogP contribution in [-0.2, 0) is 14.3 Å². The number of ether oxygens (including phenoxy) is 2. The average molecular weight is 580 g/mol. The van der Waals surface area contributed by atoms with Crippen LogP contribution in [0.15, 0.2) is 51.5 Å². The summed E-state index contributed by atoms with van der Waals surface area (Å²) in [5, 5.41) is 10.5. The molecule has 0 aliphatic heterocycles. The lowest BCUT2D eigenvalue weighted by molar-refractivity contribution is -0.144. The SMILES string of the molecule is CCCC(=O)OCCCC(=O)Nc1ccc(-c2noc(C(CC)Oc3ccc(-c4noc(C(C)C)n4)cc3)n2)cc1F. The Bertz CT molecular complexity index is 1480. The monoisotopic (exact) mass is 579 g/mol. The molecule has 12 heteroatoms. The molecule has 0 radical (unpaired) electrons. The number of carbonyl (C=O) groups excluding carboxylic acids is 2.